The van der Waals surface area contributed by atoms with E-state index in [1.165, 1.54) is 22.3 Å². The summed E-state index contributed by atoms with van der Waals surface area (Å²) in [4.78, 5) is 0. The van der Waals surface area contributed by atoms with Crippen molar-refractivity contribution in [3.63, 3.8) is 0 Å². The van der Waals surface area contributed by atoms with Gasteiger partial charge in [-0.1, -0.05) is 13.8 Å². The maximum Gasteiger partial charge on any atom is 2.00 e. The van der Waals surface area contributed by atoms with Crippen molar-refractivity contribution in [2.75, 3.05) is 12.5 Å². The molecule has 142 valence electrons. The van der Waals surface area contributed by atoms with Gasteiger partial charge >= 0.3 is 26.2 Å². The van der Waals surface area contributed by atoms with Crippen LogP contribution in [0.3, 0.4) is 0 Å². The van der Waals surface area contributed by atoms with Gasteiger partial charge in [0.1, 0.15) is 0 Å². The van der Waals surface area contributed by atoms with Gasteiger partial charge in [-0.25, -0.2) is 39.1 Å². The van der Waals surface area contributed by atoms with Gasteiger partial charge in [-0.3, -0.25) is 12.2 Å². The van der Waals surface area contributed by atoms with E-state index in [0.29, 0.717) is 12.5 Å². The van der Waals surface area contributed by atoms with Crippen molar-refractivity contribution < 1.29 is 52.1 Å². The predicted octanol–water partition coefficient (Wildman–Crippen LogP) is 2.49. The molecule has 0 aliphatic heterocycles. The van der Waals surface area contributed by atoms with E-state index in [1.807, 2.05) is 0 Å². The second-order valence-electron chi connectivity index (χ2n) is 5.19. The first kappa shape index (κ1) is 29.4. The van der Waals surface area contributed by atoms with Crippen molar-refractivity contribution in [3.8, 4) is 0 Å². The van der Waals surface area contributed by atoms with Gasteiger partial charge in [-0.15, -0.1) is 26.7 Å². The molecule has 0 bridgehead atoms. The van der Waals surface area contributed by atoms with Gasteiger partial charge < -0.3 is 9.11 Å². The molecule has 6 nitrogen and oxygen atoms in total. The fraction of sp³-hybridized carbons (Fsp3) is 0.500. The molecule has 2 rings (SSSR count). The van der Waals surface area contributed by atoms with Crippen molar-refractivity contribution >= 4 is 20.2 Å². The maximum atomic E-state index is 9.08. The summed E-state index contributed by atoms with van der Waals surface area (Å²) in [6, 6.07) is 0. The Balaban J connectivity index is -0.000000259. The molecule has 0 fully saturated rings. The summed E-state index contributed by atoms with van der Waals surface area (Å²) in [5.41, 5.74) is 5.42. The quantitative estimate of drug-likeness (QED) is 0.399. The monoisotopic (exact) mass is 466 g/mol. The Bertz CT molecular complexity index is 615. The second kappa shape index (κ2) is 13.8. The SMILES string of the molecule is CC1=[C-]CC=C1C.CC1=[C-]CC=C1C.CS(=O)(=O)[O-].CS(=O)(=O)[O-].[Zr+2]. The van der Waals surface area contributed by atoms with Crippen LogP contribution in [0.4, 0.5) is 0 Å². The van der Waals surface area contributed by atoms with E-state index in [4.69, 9.17) is 25.9 Å². The van der Waals surface area contributed by atoms with E-state index in [2.05, 4.69) is 52.0 Å². The fourth-order valence-corrected chi connectivity index (χ4v) is 1.30. The minimum absolute atomic E-state index is 0. The van der Waals surface area contributed by atoms with Crippen molar-refractivity contribution in [2.45, 2.75) is 40.5 Å². The summed E-state index contributed by atoms with van der Waals surface area (Å²) in [6.07, 6.45) is 14.0. The summed E-state index contributed by atoms with van der Waals surface area (Å²) < 4.78 is 54.5. The molecule has 0 radical (unpaired) electrons. The van der Waals surface area contributed by atoms with Gasteiger partial charge in [0.25, 0.3) is 0 Å². The molecule has 0 saturated heterocycles. The van der Waals surface area contributed by atoms with E-state index in [0.717, 1.165) is 12.8 Å². The van der Waals surface area contributed by atoms with Gasteiger partial charge in [0.15, 0.2) is 0 Å². The molecule has 0 spiro atoms. The fourth-order valence-electron chi connectivity index (χ4n) is 1.30. The van der Waals surface area contributed by atoms with Crippen LogP contribution in [0.2, 0.25) is 0 Å². The Hall–Kier alpha value is -0.337. The van der Waals surface area contributed by atoms with Crippen LogP contribution in [0.15, 0.2) is 34.4 Å². The third-order valence-corrected chi connectivity index (χ3v) is 2.73. The standard InChI is InChI=1S/2C7H9.2CH4O3S.Zr/c2*1-6-4-3-5-7(6)2;2*1-5(2,3)4;/h2*4H,3H2,1-2H3;2*1H3,(H,2,3,4);/q2*-1;;;+2/p-2. The average molecular weight is 468 g/mol. The summed E-state index contributed by atoms with van der Waals surface area (Å²) >= 11 is 0. The zero-order valence-electron chi connectivity index (χ0n) is 15.3. The molecule has 2 aliphatic rings. The van der Waals surface area contributed by atoms with E-state index >= 15 is 0 Å². The van der Waals surface area contributed by atoms with E-state index in [1.54, 1.807) is 0 Å². The van der Waals surface area contributed by atoms with E-state index < -0.39 is 20.2 Å². The van der Waals surface area contributed by atoms with Crippen molar-refractivity contribution in [1.29, 1.82) is 0 Å². The van der Waals surface area contributed by atoms with E-state index in [-0.39, 0.29) is 26.2 Å². The van der Waals surface area contributed by atoms with Gasteiger partial charge in [0.05, 0.1) is 20.2 Å². The number of allylic oxidation sites excluding steroid dienone is 8. The van der Waals surface area contributed by atoms with Gasteiger partial charge in [-0.05, 0) is 0 Å². The minimum atomic E-state index is -3.92. The molecule has 0 N–H and O–H groups in total. The van der Waals surface area contributed by atoms with Crippen LogP contribution < -0.4 is 0 Å². The van der Waals surface area contributed by atoms with Crippen LogP contribution in [0.1, 0.15) is 40.5 Å². The van der Waals surface area contributed by atoms with Crippen molar-refractivity contribution in [1.82, 2.24) is 0 Å². The Morgan fingerprint density at radius 1 is 0.760 bits per heavy atom. The summed E-state index contributed by atoms with van der Waals surface area (Å²) in [7, 11) is -7.83. The molecule has 0 saturated carbocycles. The average Bonchev–Trinajstić information content (AvgIpc) is 2.86. The summed E-state index contributed by atoms with van der Waals surface area (Å²) in [6.45, 7) is 8.43. The van der Waals surface area contributed by atoms with Gasteiger partial charge in [0.2, 0.25) is 0 Å². The number of hydrogen-bond donors (Lipinski definition) is 0. The Kier molecular flexibility index (Phi) is 16.3. The Morgan fingerprint density at radius 2 is 0.960 bits per heavy atom. The number of hydrogen-bond acceptors (Lipinski definition) is 6. The largest absolute Gasteiger partial charge is 2.00 e. The molecule has 0 aromatic rings. The van der Waals surface area contributed by atoms with Crippen LogP contribution in [-0.4, -0.2) is 38.5 Å². The van der Waals surface area contributed by atoms with Crippen molar-refractivity contribution in [2.24, 2.45) is 0 Å². The van der Waals surface area contributed by atoms with Crippen LogP contribution in [-0.2, 0) is 46.4 Å². The second-order valence-corrected chi connectivity index (χ2v) is 8.01. The van der Waals surface area contributed by atoms with Gasteiger partial charge in [-0.2, -0.15) is 12.2 Å². The number of rotatable bonds is 0. The van der Waals surface area contributed by atoms with Gasteiger partial charge in [0, 0.05) is 12.5 Å². The molecule has 25 heavy (non-hydrogen) atoms. The third-order valence-electron chi connectivity index (χ3n) is 2.73. The molecular formula is C16H24O6S2Zr-2. The first-order chi connectivity index (χ1) is 10.6. The molecule has 0 aromatic heterocycles. The Morgan fingerprint density at radius 3 is 1.00 bits per heavy atom. The molecular weight excluding hydrogens is 444 g/mol. The molecule has 0 heterocycles. The van der Waals surface area contributed by atoms with E-state index in [9.17, 15) is 0 Å². The van der Waals surface area contributed by atoms with Crippen LogP contribution in [0.5, 0.6) is 0 Å². The molecule has 0 amide bonds. The molecule has 0 aromatic carbocycles. The first-order valence-electron chi connectivity index (χ1n) is 6.92. The molecule has 2 aliphatic carbocycles. The zero-order chi connectivity index (χ0) is 19.6. The zero-order valence-corrected chi connectivity index (χ0v) is 19.4. The smallest absolute Gasteiger partial charge is 0.748 e. The van der Waals surface area contributed by atoms with Crippen LogP contribution >= 0.6 is 0 Å². The molecule has 0 atom stereocenters. The Labute approximate surface area is 171 Å². The van der Waals surface area contributed by atoms with Crippen molar-refractivity contribution in [3.05, 3.63) is 46.6 Å². The topological polar surface area (TPSA) is 114 Å². The van der Waals surface area contributed by atoms with Crippen LogP contribution in [0.25, 0.3) is 0 Å². The predicted molar refractivity (Wildman–Crippen MR) is 92.9 cm³/mol. The first-order valence-corrected chi connectivity index (χ1v) is 10.6. The third kappa shape index (κ3) is 28.7. The van der Waals surface area contributed by atoms with Crippen LogP contribution in [0, 0.1) is 12.2 Å². The minimum Gasteiger partial charge on any atom is -0.748 e. The maximum absolute atomic E-state index is 9.08. The summed E-state index contributed by atoms with van der Waals surface area (Å²) in [5, 5.41) is 0. The molecule has 0 unspecified atom stereocenters. The summed E-state index contributed by atoms with van der Waals surface area (Å²) in [5.74, 6) is 0. The normalized spacial score (nSPS) is 15.4. The molecule has 9 heteroatoms.